The predicted molar refractivity (Wildman–Crippen MR) is 70.5 cm³/mol. The first-order valence-electron chi connectivity index (χ1n) is 6.73. The van der Waals surface area contributed by atoms with Crippen LogP contribution in [0.5, 0.6) is 0 Å². The summed E-state index contributed by atoms with van der Waals surface area (Å²) in [6.45, 7) is 0. The van der Waals surface area contributed by atoms with Gasteiger partial charge in [0.05, 0.1) is 0 Å². The van der Waals surface area contributed by atoms with E-state index in [4.69, 9.17) is 4.74 Å². The minimum Gasteiger partial charge on any atom is -0.356 e. The molecule has 0 aromatic heterocycles. The number of hydrogen-bond donors (Lipinski definition) is 0. The molecular formula is C15H19NO2. The van der Waals surface area contributed by atoms with Gasteiger partial charge in [0.1, 0.15) is 5.60 Å². The number of nitrogens with zero attached hydrogens (tertiary/aromatic N) is 1. The van der Waals surface area contributed by atoms with Crippen LogP contribution in [-0.2, 0) is 9.53 Å². The number of likely N-dealkylation sites (N-methyl/N-ethyl adjacent to an activating group) is 1. The normalized spacial score (nSPS) is 24.8. The Morgan fingerprint density at radius 2 is 1.89 bits per heavy atom. The Morgan fingerprint density at radius 3 is 2.56 bits per heavy atom. The summed E-state index contributed by atoms with van der Waals surface area (Å²) in [6.07, 6.45) is 5.55. The van der Waals surface area contributed by atoms with Crippen LogP contribution >= 0.6 is 0 Å². The zero-order valence-electron chi connectivity index (χ0n) is 10.8. The van der Waals surface area contributed by atoms with Gasteiger partial charge < -0.3 is 9.64 Å². The average Bonchev–Trinajstić information content (AvgIpc) is 3.12. The molecule has 1 atom stereocenters. The number of rotatable bonds is 2. The molecule has 1 unspecified atom stereocenters. The molecule has 1 saturated heterocycles. The number of carbonyl (C=O) groups is 1. The standard InChI is InChI=1S/C15H19NO2/c1-16(12-8-4-2-5-9-12)14(17)13-15(18-13)10-6-3-7-11-15/h2,4-5,8-9,13H,3,6-7,10-11H2,1H3. The van der Waals surface area contributed by atoms with Gasteiger partial charge in [-0.2, -0.15) is 0 Å². The van der Waals surface area contributed by atoms with Gasteiger partial charge in [-0.15, -0.1) is 0 Å². The molecule has 1 aromatic rings. The van der Waals surface area contributed by atoms with Gasteiger partial charge in [0.15, 0.2) is 6.10 Å². The van der Waals surface area contributed by atoms with E-state index in [9.17, 15) is 4.79 Å². The van der Waals surface area contributed by atoms with Crippen molar-refractivity contribution in [1.82, 2.24) is 0 Å². The van der Waals surface area contributed by atoms with Crippen molar-refractivity contribution < 1.29 is 9.53 Å². The number of hydrogen-bond acceptors (Lipinski definition) is 2. The molecular weight excluding hydrogens is 226 g/mol. The topological polar surface area (TPSA) is 32.8 Å². The van der Waals surface area contributed by atoms with Crippen molar-refractivity contribution in [3.8, 4) is 0 Å². The highest BCUT2D eigenvalue weighted by molar-refractivity contribution is 5.98. The SMILES string of the molecule is CN(C(=O)C1OC12CCCCC2)c1ccccc1. The van der Waals surface area contributed by atoms with Crippen LogP contribution < -0.4 is 4.90 Å². The van der Waals surface area contributed by atoms with Crippen molar-refractivity contribution >= 4 is 11.6 Å². The summed E-state index contributed by atoms with van der Waals surface area (Å²) in [5, 5.41) is 0. The Hall–Kier alpha value is -1.35. The number of benzene rings is 1. The van der Waals surface area contributed by atoms with Crippen LogP contribution in [0, 0.1) is 0 Å². The van der Waals surface area contributed by atoms with Crippen LogP contribution in [-0.4, -0.2) is 24.7 Å². The molecule has 1 saturated carbocycles. The maximum atomic E-state index is 12.4. The lowest BCUT2D eigenvalue weighted by atomic mass is 9.86. The second-order valence-corrected chi connectivity index (χ2v) is 5.36. The minimum atomic E-state index is -0.206. The van der Waals surface area contributed by atoms with Crippen molar-refractivity contribution in [3.05, 3.63) is 30.3 Å². The third-order valence-corrected chi connectivity index (χ3v) is 4.17. The van der Waals surface area contributed by atoms with Crippen LogP contribution in [0.4, 0.5) is 5.69 Å². The molecule has 1 aliphatic carbocycles. The Labute approximate surface area is 108 Å². The Bertz CT molecular complexity index is 437. The average molecular weight is 245 g/mol. The first kappa shape index (κ1) is 11.7. The number of para-hydroxylation sites is 1. The molecule has 0 bridgehead atoms. The molecule has 3 heteroatoms. The number of anilines is 1. The largest absolute Gasteiger partial charge is 0.356 e. The molecule has 3 nitrogen and oxygen atoms in total. The molecule has 1 aromatic carbocycles. The highest BCUT2D eigenvalue weighted by Gasteiger charge is 2.60. The number of carbonyl (C=O) groups excluding carboxylic acids is 1. The Morgan fingerprint density at radius 1 is 1.22 bits per heavy atom. The summed E-state index contributed by atoms with van der Waals surface area (Å²) in [5.74, 6) is 0.100. The maximum Gasteiger partial charge on any atom is 0.258 e. The van der Waals surface area contributed by atoms with E-state index in [-0.39, 0.29) is 17.6 Å². The van der Waals surface area contributed by atoms with Crippen molar-refractivity contribution in [2.24, 2.45) is 0 Å². The maximum absolute atomic E-state index is 12.4. The fraction of sp³-hybridized carbons (Fsp3) is 0.533. The van der Waals surface area contributed by atoms with Crippen LogP contribution in [0.3, 0.4) is 0 Å². The zero-order chi connectivity index (χ0) is 12.6. The van der Waals surface area contributed by atoms with E-state index in [1.165, 1.54) is 19.3 Å². The highest BCUT2D eigenvalue weighted by Crippen LogP contribution is 2.48. The summed E-state index contributed by atoms with van der Waals surface area (Å²) in [4.78, 5) is 14.1. The summed E-state index contributed by atoms with van der Waals surface area (Å²) in [7, 11) is 1.83. The molecule has 18 heavy (non-hydrogen) atoms. The van der Waals surface area contributed by atoms with E-state index in [1.807, 2.05) is 37.4 Å². The summed E-state index contributed by atoms with van der Waals surface area (Å²) < 4.78 is 5.76. The molecule has 3 rings (SSSR count). The lowest BCUT2D eigenvalue weighted by Gasteiger charge is -2.20. The van der Waals surface area contributed by atoms with Gasteiger partial charge >= 0.3 is 0 Å². The van der Waals surface area contributed by atoms with Gasteiger partial charge in [0, 0.05) is 12.7 Å². The van der Waals surface area contributed by atoms with Crippen molar-refractivity contribution in [2.45, 2.75) is 43.8 Å². The van der Waals surface area contributed by atoms with Crippen molar-refractivity contribution in [3.63, 3.8) is 0 Å². The number of ether oxygens (including phenoxy) is 1. The molecule has 1 aliphatic heterocycles. The fourth-order valence-electron chi connectivity index (χ4n) is 2.96. The first-order chi connectivity index (χ1) is 8.73. The second-order valence-electron chi connectivity index (χ2n) is 5.36. The van der Waals surface area contributed by atoms with E-state index >= 15 is 0 Å². The van der Waals surface area contributed by atoms with Gasteiger partial charge in [0.25, 0.3) is 5.91 Å². The molecule has 1 spiro atoms. The van der Waals surface area contributed by atoms with Crippen LogP contribution in [0.2, 0.25) is 0 Å². The summed E-state index contributed by atoms with van der Waals surface area (Å²) >= 11 is 0. The Balaban J connectivity index is 1.69. The smallest absolute Gasteiger partial charge is 0.258 e. The molecule has 0 N–H and O–H groups in total. The summed E-state index contributed by atoms with van der Waals surface area (Å²) in [6, 6.07) is 9.76. The van der Waals surface area contributed by atoms with E-state index in [1.54, 1.807) is 4.90 Å². The van der Waals surface area contributed by atoms with Gasteiger partial charge in [0.2, 0.25) is 0 Å². The molecule has 0 radical (unpaired) electrons. The molecule has 2 aliphatic rings. The van der Waals surface area contributed by atoms with Gasteiger partial charge in [-0.3, -0.25) is 4.79 Å². The molecule has 1 amide bonds. The van der Waals surface area contributed by atoms with Crippen molar-refractivity contribution in [1.29, 1.82) is 0 Å². The van der Waals surface area contributed by atoms with E-state index in [2.05, 4.69) is 0 Å². The summed E-state index contributed by atoms with van der Waals surface area (Å²) in [5.41, 5.74) is 0.821. The molecule has 1 heterocycles. The molecule has 96 valence electrons. The van der Waals surface area contributed by atoms with Gasteiger partial charge in [-0.25, -0.2) is 0 Å². The first-order valence-corrected chi connectivity index (χ1v) is 6.73. The third kappa shape index (κ3) is 1.93. The van der Waals surface area contributed by atoms with E-state index in [0.717, 1.165) is 18.5 Å². The fourth-order valence-corrected chi connectivity index (χ4v) is 2.96. The van der Waals surface area contributed by atoms with Crippen molar-refractivity contribution in [2.75, 3.05) is 11.9 Å². The number of epoxide rings is 1. The van der Waals surface area contributed by atoms with Crippen LogP contribution in [0.15, 0.2) is 30.3 Å². The third-order valence-electron chi connectivity index (χ3n) is 4.17. The Kier molecular flexibility index (Phi) is 2.86. The predicted octanol–water partition coefficient (Wildman–Crippen LogP) is 2.75. The quantitative estimate of drug-likeness (QED) is 0.750. The lowest BCUT2D eigenvalue weighted by molar-refractivity contribution is -0.119. The lowest BCUT2D eigenvalue weighted by Crippen LogP contribution is -2.35. The molecule has 2 fully saturated rings. The highest BCUT2D eigenvalue weighted by atomic mass is 16.6. The second kappa shape index (κ2) is 4.39. The van der Waals surface area contributed by atoms with E-state index in [0.29, 0.717) is 0 Å². The van der Waals surface area contributed by atoms with Gasteiger partial charge in [-0.1, -0.05) is 37.5 Å². The van der Waals surface area contributed by atoms with E-state index < -0.39 is 0 Å². The minimum absolute atomic E-state index is 0.100. The van der Waals surface area contributed by atoms with Gasteiger partial charge in [-0.05, 0) is 25.0 Å². The zero-order valence-corrected chi connectivity index (χ0v) is 10.8. The number of amides is 1. The van der Waals surface area contributed by atoms with Crippen LogP contribution in [0.1, 0.15) is 32.1 Å². The van der Waals surface area contributed by atoms with Crippen LogP contribution in [0.25, 0.3) is 0 Å². The monoisotopic (exact) mass is 245 g/mol.